The summed E-state index contributed by atoms with van der Waals surface area (Å²) < 4.78 is 30.2. The third-order valence-electron chi connectivity index (χ3n) is 7.46. The molecule has 0 spiro atoms. The molecule has 0 radical (unpaired) electrons. The predicted octanol–water partition coefficient (Wildman–Crippen LogP) is 3.64. The molecule has 36 heavy (non-hydrogen) atoms. The number of ketones is 1. The lowest BCUT2D eigenvalue weighted by Gasteiger charge is -2.34. The van der Waals surface area contributed by atoms with Gasteiger partial charge in [0.2, 0.25) is 0 Å². The average Bonchev–Trinajstić information content (AvgIpc) is 3.49. The molecule has 0 saturated carbocycles. The van der Waals surface area contributed by atoms with Crippen molar-refractivity contribution in [3.05, 3.63) is 54.4 Å². The smallest absolute Gasteiger partial charge is 0.251 e. The number of pyridine rings is 2. The van der Waals surface area contributed by atoms with Crippen molar-refractivity contribution >= 4 is 27.9 Å². The highest BCUT2D eigenvalue weighted by molar-refractivity contribution is 6.01. The molecular weight excluding hydrogens is 464 g/mol. The number of H-pyrrole nitrogens is 1. The molecule has 1 atom stereocenters. The van der Waals surface area contributed by atoms with Crippen LogP contribution in [-0.2, 0) is 17.8 Å². The maximum absolute atomic E-state index is 14.0. The van der Waals surface area contributed by atoms with Gasteiger partial charge >= 0.3 is 0 Å². The normalized spacial score (nSPS) is 21.3. The van der Waals surface area contributed by atoms with E-state index in [-0.39, 0.29) is 31.2 Å². The van der Waals surface area contributed by atoms with Gasteiger partial charge in [-0.15, -0.1) is 0 Å². The van der Waals surface area contributed by atoms with E-state index in [9.17, 15) is 13.6 Å². The predicted molar refractivity (Wildman–Crippen MR) is 132 cm³/mol. The van der Waals surface area contributed by atoms with Gasteiger partial charge in [0.1, 0.15) is 17.0 Å². The van der Waals surface area contributed by atoms with E-state index in [1.165, 1.54) is 5.56 Å². The van der Waals surface area contributed by atoms with E-state index in [1.54, 1.807) is 12.4 Å². The van der Waals surface area contributed by atoms with Crippen molar-refractivity contribution in [1.82, 2.24) is 34.7 Å². The van der Waals surface area contributed by atoms with Gasteiger partial charge in [-0.25, -0.2) is 18.7 Å². The lowest BCUT2D eigenvalue weighted by molar-refractivity contribution is -0.125. The summed E-state index contributed by atoms with van der Waals surface area (Å²) in [6, 6.07) is 5.33. The minimum Gasteiger partial charge on any atom is -0.346 e. The van der Waals surface area contributed by atoms with Crippen molar-refractivity contribution < 1.29 is 13.6 Å². The number of nitrogens with zero attached hydrogens (tertiary/aromatic N) is 5. The first-order valence-corrected chi connectivity index (χ1v) is 12.5. The minimum absolute atomic E-state index is 0.0181. The van der Waals surface area contributed by atoms with Crippen molar-refractivity contribution in [2.24, 2.45) is 0 Å². The first-order chi connectivity index (χ1) is 17.5. The number of carbonyl (C=O) groups is 1. The minimum atomic E-state index is -2.81. The zero-order valence-corrected chi connectivity index (χ0v) is 20.0. The lowest BCUT2D eigenvalue weighted by Crippen LogP contribution is -2.48. The number of hydrogen-bond acceptors (Lipinski definition) is 6. The summed E-state index contributed by atoms with van der Waals surface area (Å²) >= 11 is 0. The third-order valence-corrected chi connectivity index (χ3v) is 7.46. The Bertz CT molecular complexity index is 1380. The van der Waals surface area contributed by atoms with Gasteiger partial charge in [0.25, 0.3) is 5.92 Å². The van der Waals surface area contributed by atoms with Gasteiger partial charge in [-0.3, -0.25) is 14.7 Å². The van der Waals surface area contributed by atoms with E-state index in [1.807, 2.05) is 24.5 Å². The quantitative estimate of drug-likeness (QED) is 0.426. The molecule has 2 aliphatic heterocycles. The molecule has 10 heteroatoms. The van der Waals surface area contributed by atoms with Crippen LogP contribution >= 0.6 is 0 Å². The second kappa shape index (κ2) is 9.33. The molecule has 0 aliphatic carbocycles. The van der Waals surface area contributed by atoms with Gasteiger partial charge in [0.15, 0.2) is 5.78 Å². The Kier molecular flexibility index (Phi) is 6.00. The van der Waals surface area contributed by atoms with Crippen molar-refractivity contribution in [3.63, 3.8) is 0 Å². The lowest BCUT2D eigenvalue weighted by atomic mass is 9.96. The Hall–Kier alpha value is -3.24. The molecule has 6 rings (SSSR count). The van der Waals surface area contributed by atoms with Crippen LogP contribution in [0.25, 0.3) is 22.1 Å². The van der Waals surface area contributed by atoms with Gasteiger partial charge in [-0.1, -0.05) is 6.07 Å². The molecule has 0 bridgehead atoms. The van der Waals surface area contributed by atoms with Gasteiger partial charge in [-0.2, -0.15) is 0 Å². The van der Waals surface area contributed by atoms with Crippen molar-refractivity contribution in [2.45, 2.75) is 56.7 Å². The van der Waals surface area contributed by atoms with Crippen LogP contribution in [0, 0.1) is 0 Å². The Labute approximate surface area is 207 Å². The number of halogens is 2. The second-order valence-corrected chi connectivity index (χ2v) is 9.96. The van der Waals surface area contributed by atoms with Crippen LogP contribution in [0.4, 0.5) is 8.78 Å². The van der Waals surface area contributed by atoms with Crippen molar-refractivity contribution in [1.29, 1.82) is 0 Å². The van der Waals surface area contributed by atoms with E-state index < -0.39 is 18.4 Å². The SMILES string of the molecule is O=C(Cc1nc2cnc3[nH]ccc3c2n1C1CCN(Cc2cccnc2)CC1)C1CC(F)(F)CCN1. The number of imidazole rings is 1. The standard InChI is InChI=1S/C26H29F2N7O/c27-26(28)6-9-30-20(13-26)22(36)12-23-33-21-15-32-25-19(3-8-31-25)24(21)35(23)18-4-10-34(11-5-18)16-17-2-1-7-29-14-17/h1-3,7-8,14-15,18,20,30H,4-6,9-13,16H2,(H,31,32). The van der Waals surface area contributed by atoms with Gasteiger partial charge in [0.05, 0.1) is 24.2 Å². The van der Waals surface area contributed by atoms with E-state index >= 15 is 0 Å². The number of likely N-dealkylation sites (tertiary alicyclic amines) is 1. The van der Waals surface area contributed by atoms with Crippen LogP contribution < -0.4 is 5.32 Å². The molecular formula is C26H29F2N7O. The maximum atomic E-state index is 14.0. The van der Waals surface area contributed by atoms with Crippen molar-refractivity contribution in [3.8, 4) is 0 Å². The zero-order chi connectivity index (χ0) is 24.7. The highest BCUT2D eigenvalue weighted by Crippen LogP contribution is 2.34. The van der Waals surface area contributed by atoms with Gasteiger partial charge in [-0.05, 0) is 30.5 Å². The molecule has 2 aliphatic rings. The largest absolute Gasteiger partial charge is 0.346 e. The van der Waals surface area contributed by atoms with E-state index in [2.05, 4.69) is 35.8 Å². The zero-order valence-electron chi connectivity index (χ0n) is 20.0. The molecule has 2 saturated heterocycles. The topological polar surface area (TPSA) is 91.7 Å². The fourth-order valence-corrected chi connectivity index (χ4v) is 5.65. The third kappa shape index (κ3) is 4.51. The van der Waals surface area contributed by atoms with Crippen LogP contribution in [0.3, 0.4) is 0 Å². The van der Waals surface area contributed by atoms with Crippen LogP contribution in [0.1, 0.15) is 43.1 Å². The summed E-state index contributed by atoms with van der Waals surface area (Å²) in [6.07, 6.45) is 8.40. The molecule has 0 aromatic carbocycles. The molecule has 188 valence electrons. The Morgan fingerprint density at radius 2 is 2.06 bits per heavy atom. The number of aromatic amines is 1. The molecule has 2 fully saturated rings. The van der Waals surface area contributed by atoms with Crippen LogP contribution in [0.5, 0.6) is 0 Å². The monoisotopic (exact) mass is 493 g/mol. The highest BCUT2D eigenvalue weighted by atomic mass is 19.3. The summed E-state index contributed by atoms with van der Waals surface area (Å²) in [5, 5.41) is 3.94. The number of piperidine rings is 2. The van der Waals surface area contributed by atoms with E-state index in [0.29, 0.717) is 5.82 Å². The fourth-order valence-electron chi connectivity index (χ4n) is 5.65. The van der Waals surface area contributed by atoms with Crippen LogP contribution in [0.15, 0.2) is 43.0 Å². The molecule has 4 aromatic rings. The first kappa shape index (κ1) is 23.2. The summed E-state index contributed by atoms with van der Waals surface area (Å²) in [7, 11) is 0. The number of Topliss-reactive ketones (excluding diaryl/α,β-unsaturated/α-hetero) is 1. The Balaban J connectivity index is 1.29. The number of fused-ring (bicyclic) bond motifs is 3. The van der Waals surface area contributed by atoms with Crippen LogP contribution in [0.2, 0.25) is 0 Å². The second-order valence-electron chi connectivity index (χ2n) is 9.96. The summed E-state index contributed by atoms with van der Waals surface area (Å²) in [6.45, 7) is 2.81. The van der Waals surface area contributed by atoms with E-state index in [0.717, 1.165) is 54.5 Å². The number of rotatable bonds is 6. The number of nitrogens with one attached hydrogen (secondary N) is 2. The van der Waals surface area contributed by atoms with Crippen molar-refractivity contribution in [2.75, 3.05) is 19.6 Å². The average molecular weight is 494 g/mol. The van der Waals surface area contributed by atoms with Gasteiger partial charge in [0, 0.05) is 69.0 Å². The molecule has 8 nitrogen and oxygen atoms in total. The number of alkyl halides is 2. The summed E-state index contributed by atoms with van der Waals surface area (Å²) in [4.78, 5) is 32.2. The Morgan fingerprint density at radius 1 is 1.19 bits per heavy atom. The highest BCUT2D eigenvalue weighted by Gasteiger charge is 2.39. The number of carbonyl (C=O) groups excluding carboxylic acids is 1. The summed E-state index contributed by atoms with van der Waals surface area (Å²) in [5.41, 5.74) is 3.64. The molecule has 4 aromatic heterocycles. The Morgan fingerprint density at radius 3 is 2.83 bits per heavy atom. The number of hydrogen-bond donors (Lipinski definition) is 2. The fraction of sp³-hybridized carbons (Fsp3) is 0.462. The molecule has 1 unspecified atom stereocenters. The number of aromatic nitrogens is 5. The molecule has 0 amide bonds. The molecule has 6 heterocycles. The summed E-state index contributed by atoms with van der Waals surface area (Å²) in [5.74, 6) is -2.42. The maximum Gasteiger partial charge on any atom is 0.251 e. The van der Waals surface area contributed by atoms with Gasteiger partial charge < -0.3 is 14.9 Å². The molecule has 2 N–H and O–H groups in total. The van der Waals surface area contributed by atoms with Crippen LogP contribution in [-0.4, -0.2) is 66.8 Å². The van der Waals surface area contributed by atoms with E-state index in [4.69, 9.17) is 4.98 Å². The first-order valence-electron chi connectivity index (χ1n) is 12.5.